The molecule has 4 aromatic rings. The van der Waals surface area contributed by atoms with Gasteiger partial charge in [0.25, 0.3) is 24.1 Å². The van der Waals surface area contributed by atoms with Gasteiger partial charge in [0.05, 0.1) is 43.2 Å². The van der Waals surface area contributed by atoms with Gasteiger partial charge in [-0.05, 0) is 80.3 Å². The van der Waals surface area contributed by atoms with Crippen LogP contribution in [0.4, 0.5) is 4.79 Å². The number of ether oxygens (including phenoxy) is 3. The van der Waals surface area contributed by atoms with Crippen LogP contribution < -0.4 is 75.6 Å². The number of aliphatic hydroxyl groups excluding tert-OH is 6. The van der Waals surface area contributed by atoms with E-state index in [0.717, 1.165) is 67.6 Å². The van der Waals surface area contributed by atoms with Crippen LogP contribution in [0, 0.1) is 5.92 Å². The fraction of sp³-hybridized carbons (Fsp3) is 0.531. The number of carbonyl (C=O) groups excluding carboxylic acids is 8. The summed E-state index contributed by atoms with van der Waals surface area (Å²) in [6.07, 6.45) is -5.06. The van der Waals surface area contributed by atoms with Crippen LogP contribution in [-0.2, 0) is 54.0 Å². The maximum absolute atomic E-state index is 15.0. The Morgan fingerprint density at radius 1 is 0.798 bits per heavy atom. The monoisotopic (exact) mass is 1420 g/mol. The summed E-state index contributed by atoms with van der Waals surface area (Å²) in [5.41, 5.74) is 1.06. The van der Waals surface area contributed by atoms with Crippen molar-refractivity contribution in [2.24, 2.45) is 5.92 Å². The van der Waals surface area contributed by atoms with Crippen LogP contribution in [0.25, 0.3) is 22.8 Å². The van der Waals surface area contributed by atoms with Gasteiger partial charge in [-0.25, -0.2) is 4.79 Å². The van der Waals surface area contributed by atoms with E-state index in [0.29, 0.717) is 23.5 Å². The Balaban J connectivity index is 0.0000155. The summed E-state index contributed by atoms with van der Waals surface area (Å²) in [7, 11) is 1.71. The summed E-state index contributed by atoms with van der Waals surface area (Å²) < 4.78 is 30.7. The third kappa shape index (κ3) is 23.3. The van der Waals surface area contributed by atoms with Gasteiger partial charge in [-0.2, -0.15) is 4.98 Å². The molecule has 13 atom stereocenters. The van der Waals surface area contributed by atoms with Gasteiger partial charge in [0.15, 0.2) is 11.5 Å². The molecule has 3 aliphatic heterocycles. The Labute approximate surface area is 596 Å². The first kappa shape index (κ1) is 80.4. The van der Waals surface area contributed by atoms with Crippen LogP contribution in [-0.4, -0.2) is 229 Å². The molecule has 35 heteroatoms. The van der Waals surface area contributed by atoms with Crippen LogP contribution in [0.3, 0.4) is 0 Å². The second-order valence-electron chi connectivity index (χ2n) is 24.0. The van der Waals surface area contributed by atoms with Gasteiger partial charge in [-0.3, -0.25) is 38.6 Å². The minimum Gasteiger partial charge on any atom is -0.691 e. The number of aliphatic hydroxyl groups is 6. The zero-order chi connectivity index (χ0) is 71.0. The van der Waals surface area contributed by atoms with E-state index in [4.69, 9.17) is 22.9 Å². The van der Waals surface area contributed by atoms with Crippen LogP contribution in [0.2, 0.25) is 0 Å². The zero-order valence-corrected chi connectivity index (χ0v) is 58.0. The summed E-state index contributed by atoms with van der Waals surface area (Å²) in [4.78, 5) is 121. The summed E-state index contributed by atoms with van der Waals surface area (Å²) >= 11 is -0.00322. The number of aromatic nitrogens is 2. The molecule has 3 fully saturated rings. The van der Waals surface area contributed by atoms with Gasteiger partial charge in [0, 0.05) is 81.8 Å². The normalized spacial score (nSPS) is 23.5. The van der Waals surface area contributed by atoms with Crippen molar-refractivity contribution in [3.8, 4) is 40.1 Å². The molecule has 536 valence electrons. The standard InChI is InChI=1S/C64H86N10O23S.Na/c1-5-25-93-64(89)65-24-23-47(79)52-63(88)74-33-35(2)54(81)53(74)60(86)66-32-41(76)30-44(67-56(82)39-16-14-38(15-17-39)55-71-61(94-72-55)40-18-20-43(21-19-40)92-27-12-10-8-6-7-9-11-26-91-4)57(83)68-50(36(3)75)62(87)73-34-42(77)31-45(73)58(84)69-51(59(85)70-52)48(80)28-37-13-22-46(78)49(29-37)95-98-97-96-90;/h5,13-22,29,35-36,41-42,44-45,47-48,50-54,75-81,90H,1,6-12,23-28,30-34H2,2-4H3,(H,65,89)(H,66,86)(H,67,82)(H,68,83)(H,69,84)(H,70,85);/q;+1/p-1/t35-,36-,41+,42+,44+,45+,47-,48-,50+,51+,52+,53+,54+;/m1./s1. The number of rotatable bonds is 29. The Hall–Kier alpha value is -7.55. The molecule has 33 nitrogen and oxygen atoms in total. The van der Waals surface area contributed by atoms with Crippen molar-refractivity contribution < 1.29 is 141 Å². The minimum absolute atomic E-state index is 0. The molecule has 0 saturated carbocycles. The number of amides is 8. The van der Waals surface area contributed by atoms with Crippen molar-refractivity contribution >= 4 is 59.8 Å². The van der Waals surface area contributed by atoms with Gasteiger partial charge < -0.3 is 106 Å². The van der Waals surface area contributed by atoms with Gasteiger partial charge in [0.1, 0.15) is 48.6 Å². The van der Waals surface area contributed by atoms with Crippen LogP contribution in [0.15, 0.2) is 83.9 Å². The Kier molecular flexibility index (Phi) is 32.5. The first-order chi connectivity index (χ1) is 47.0. The van der Waals surface area contributed by atoms with E-state index in [-0.39, 0.29) is 77.1 Å². The first-order valence-corrected chi connectivity index (χ1v) is 32.7. The molecule has 8 amide bonds. The molecule has 0 radical (unpaired) electrons. The van der Waals surface area contributed by atoms with Crippen LogP contribution in [0.1, 0.15) is 94.0 Å². The predicted molar refractivity (Wildman–Crippen MR) is 342 cm³/mol. The first-order valence-electron chi connectivity index (χ1n) is 32.0. The average Bonchev–Trinajstić information content (AvgIpc) is 1.68. The maximum Gasteiger partial charge on any atom is 1.00 e. The second-order valence-corrected chi connectivity index (χ2v) is 24.5. The number of benzene rings is 3. The number of fused-ring (bicyclic) bond motifs is 2. The quantitative estimate of drug-likeness (QED) is 0.00621. The smallest absolute Gasteiger partial charge is 0.691 e. The topological polar surface area (TPSA) is 474 Å². The fourth-order valence-corrected chi connectivity index (χ4v) is 11.6. The number of nitrogens with zero attached hydrogens (tertiary/aromatic N) is 4. The van der Waals surface area contributed by atoms with Crippen molar-refractivity contribution in [3.05, 3.63) is 90.5 Å². The van der Waals surface area contributed by atoms with E-state index in [2.05, 4.69) is 58.0 Å². The Bertz CT molecular complexity index is 3320. The number of hydrogen-bond acceptors (Lipinski definition) is 26. The number of aromatic hydroxyl groups is 1. The molecular weight excluding hydrogens is 1330 g/mol. The van der Waals surface area contributed by atoms with E-state index >= 15 is 0 Å². The molecule has 13 N–H and O–H groups in total. The maximum atomic E-state index is 15.0. The molecular formula is C64H85N10NaO23S. The van der Waals surface area contributed by atoms with Gasteiger partial charge in [-0.15, -0.1) is 4.33 Å². The molecule has 3 saturated heterocycles. The summed E-state index contributed by atoms with van der Waals surface area (Å²) in [5.74, 6) is -8.89. The van der Waals surface area contributed by atoms with Crippen molar-refractivity contribution in [3.63, 3.8) is 0 Å². The molecule has 0 aliphatic carbocycles. The number of phenolic OH excluding ortho intramolecular Hbond substituents is 1. The number of hydrogen-bond donors (Lipinski definition) is 13. The molecule has 99 heavy (non-hydrogen) atoms. The van der Waals surface area contributed by atoms with Crippen molar-refractivity contribution in [1.29, 1.82) is 0 Å². The van der Waals surface area contributed by atoms with Crippen molar-refractivity contribution in [2.45, 2.75) is 157 Å². The summed E-state index contributed by atoms with van der Waals surface area (Å²) in [5, 5.41) is 112. The van der Waals surface area contributed by atoms with E-state index in [1.165, 1.54) is 56.2 Å². The van der Waals surface area contributed by atoms with Crippen LogP contribution >= 0.6 is 12.3 Å². The van der Waals surface area contributed by atoms with Crippen LogP contribution in [0.5, 0.6) is 17.2 Å². The molecule has 7 rings (SSSR count). The number of methoxy groups -OCH3 is 1. The van der Waals surface area contributed by atoms with Gasteiger partial charge >= 0.3 is 35.7 Å². The zero-order valence-electron chi connectivity index (χ0n) is 55.2. The van der Waals surface area contributed by atoms with E-state index in [1.807, 2.05) is 0 Å². The van der Waals surface area contributed by atoms with Crippen molar-refractivity contribution in [2.75, 3.05) is 53.1 Å². The molecule has 4 heterocycles. The molecule has 1 aromatic heterocycles. The van der Waals surface area contributed by atoms with E-state index < -0.39 is 184 Å². The van der Waals surface area contributed by atoms with E-state index in [9.17, 15) is 79.4 Å². The third-order valence-corrected chi connectivity index (χ3v) is 17.0. The molecule has 3 aromatic carbocycles. The number of nitrogens with one attached hydrogen (secondary N) is 6. The predicted octanol–water partition coefficient (Wildman–Crippen LogP) is -3.71. The third-order valence-electron chi connectivity index (χ3n) is 16.6. The summed E-state index contributed by atoms with van der Waals surface area (Å²) in [6, 6.07) is 4.75. The number of alkyl carbamates (subject to hydrolysis) is 1. The van der Waals surface area contributed by atoms with E-state index in [1.54, 1.807) is 31.4 Å². The Morgan fingerprint density at radius 2 is 1.45 bits per heavy atom. The number of phenols is 1. The fourth-order valence-electron chi connectivity index (χ4n) is 11.4. The minimum atomic E-state index is -2.19. The number of β-amino-alcohol motifs (C(OH)–C–C–N with tert-alkyl or cyclic N) is 1. The van der Waals surface area contributed by atoms with Gasteiger partial charge in [0.2, 0.25) is 41.3 Å². The second kappa shape index (κ2) is 40.0. The molecule has 3 aliphatic rings. The Morgan fingerprint density at radius 3 is 2.13 bits per heavy atom. The van der Waals surface area contributed by atoms with Crippen molar-refractivity contribution in [1.82, 2.24) is 51.8 Å². The molecule has 0 bridgehead atoms. The molecule has 0 unspecified atom stereocenters. The largest absolute Gasteiger partial charge is 1.00 e. The average molecular weight is 1420 g/mol. The molecule has 0 spiro atoms. The van der Waals surface area contributed by atoms with Gasteiger partial charge in [-0.1, -0.05) is 75.0 Å². The number of unbranched alkanes of at least 4 members (excludes halogenated alkanes) is 6. The SMILES string of the molecule is C=CCOC(=O)NCC[C@@H](O)[C@@H]1NC(=O)[C@H]([C@H](O)Cc2ccc(O)c(OSOO[O-])c2)NC(=O)[C@@H]2C[C@H](O)CN2C(=O)[C@H]([C@@H](C)O)NC(=O)[C@@H](NC(=O)c2ccc(-c3noc(-c4ccc(OCCCCCCCCCOC)cc4)n3)cc2)C[C@H](O)CNC(=O)[C@@H]2[C@@H](O)[C@H](C)CN2C1=O.[Na+]. The number of carbonyl (C=O) groups is 8. The summed E-state index contributed by atoms with van der Waals surface area (Å²) in [6.45, 7) is 5.07.